The lowest BCUT2D eigenvalue weighted by Gasteiger charge is -2.33. The SMILES string of the molecule is CCOC(=O)C1CCN(C(=O)C2CC(=O)N(C3CCCCC3)C2)CC1. The number of rotatable bonds is 4. The van der Waals surface area contributed by atoms with E-state index in [-0.39, 0.29) is 29.6 Å². The zero-order valence-corrected chi connectivity index (χ0v) is 15.2. The van der Waals surface area contributed by atoms with Gasteiger partial charge in [0, 0.05) is 32.1 Å². The van der Waals surface area contributed by atoms with E-state index in [0.29, 0.717) is 51.5 Å². The summed E-state index contributed by atoms with van der Waals surface area (Å²) in [5, 5.41) is 0. The number of piperidine rings is 1. The van der Waals surface area contributed by atoms with Crippen LogP contribution in [0.1, 0.15) is 58.3 Å². The van der Waals surface area contributed by atoms with Crippen LogP contribution in [0.2, 0.25) is 0 Å². The largest absolute Gasteiger partial charge is 0.466 e. The Labute approximate surface area is 149 Å². The molecule has 0 aromatic heterocycles. The minimum Gasteiger partial charge on any atom is -0.466 e. The van der Waals surface area contributed by atoms with Crippen molar-refractivity contribution in [2.75, 3.05) is 26.2 Å². The number of ether oxygens (including phenoxy) is 1. The van der Waals surface area contributed by atoms with Gasteiger partial charge in [0.1, 0.15) is 0 Å². The Kier molecular flexibility index (Phi) is 5.97. The molecule has 6 heteroatoms. The van der Waals surface area contributed by atoms with Crippen molar-refractivity contribution < 1.29 is 19.1 Å². The van der Waals surface area contributed by atoms with E-state index < -0.39 is 0 Å². The van der Waals surface area contributed by atoms with Crippen LogP contribution < -0.4 is 0 Å². The summed E-state index contributed by atoms with van der Waals surface area (Å²) in [5.74, 6) is -0.198. The van der Waals surface area contributed by atoms with E-state index in [1.807, 2.05) is 16.7 Å². The lowest BCUT2D eigenvalue weighted by atomic mass is 9.94. The van der Waals surface area contributed by atoms with Crippen molar-refractivity contribution in [3.8, 4) is 0 Å². The predicted octanol–water partition coefficient (Wildman–Crippen LogP) is 1.97. The minimum absolute atomic E-state index is 0.0899. The Morgan fingerprint density at radius 3 is 2.36 bits per heavy atom. The maximum atomic E-state index is 12.8. The topological polar surface area (TPSA) is 66.9 Å². The molecule has 0 bridgehead atoms. The summed E-state index contributed by atoms with van der Waals surface area (Å²) in [5.41, 5.74) is 0. The molecular formula is C19H30N2O4. The van der Waals surface area contributed by atoms with Gasteiger partial charge in [-0.3, -0.25) is 14.4 Å². The molecule has 0 radical (unpaired) electrons. The first-order valence-corrected chi connectivity index (χ1v) is 9.85. The second-order valence-corrected chi connectivity index (χ2v) is 7.59. The second kappa shape index (κ2) is 8.19. The number of carbonyl (C=O) groups excluding carboxylic acids is 3. The zero-order valence-electron chi connectivity index (χ0n) is 15.2. The van der Waals surface area contributed by atoms with E-state index >= 15 is 0 Å². The molecule has 3 fully saturated rings. The standard InChI is InChI=1S/C19H30N2O4/c1-2-25-19(24)14-8-10-20(11-9-14)18(23)15-12-17(22)21(13-15)16-6-4-3-5-7-16/h14-16H,2-13H2,1H3. The molecule has 25 heavy (non-hydrogen) atoms. The van der Waals surface area contributed by atoms with Gasteiger partial charge in [-0.15, -0.1) is 0 Å². The van der Waals surface area contributed by atoms with Crippen molar-refractivity contribution in [1.82, 2.24) is 9.80 Å². The number of nitrogens with zero attached hydrogens (tertiary/aromatic N) is 2. The number of carbonyl (C=O) groups is 3. The number of hydrogen-bond acceptors (Lipinski definition) is 4. The summed E-state index contributed by atoms with van der Waals surface area (Å²) in [6.45, 7) is 3.98. The molecule has 0 N–H and O–H groups in total. The van der Waals surface area contributed by atoms with Gasteiger partial charge in [0.2, 0.25) is 11.8 Å². The average molecular weight is 350 g/mol. The van der Waals surface area contributed by atoms with Crippen LogP contribution in [0.25, 0.3) is 0 Å². The van der Waals surface area contributed by atoms with Crippen molar-refractivity contribution in [2.45, 2.75) is 64.3 Å². The molecule has 6 nitrogen and oxygen atoms in total. The third kappa shape index (κ3) is 4.15. The normalized spacial score (nSPS) is 26.1. The van der Waals surface area contributed by atoms with E-state index in [1.165, 1.54) is 19.3 Å². The van der Waals surface area contributed by atoms with Gasteiger partial charge in [-0.05, 0) is 32.6 Å². The van der Waals surface area contributed by atoms with Crippen molar-refractivity contribution in [3.05, 3.63) is 0 Å². The van der Waals surface area contributed by atoms with Crippen molar-refractivity contribution in [3.63, 3.8) is 0 Å². The summed E-state index contributed by atoms with van der Waals surface area (Å²) in [6, 6.07) is 0.341. The fourth-order valence-corrected chi connectivity index (χ4v) is 4.50. The first kappa shape index (κ1) is 18.2. The van der Waals surface area contributed by atoms with E-state index in [1.54, 1.807) is 0 Å². The van der Waals surface area contributed by atoms with Gasteiger partial charge in [0.05, 0.1) is 18.4 Å². The lowest BCUT2D eigenvalue weighted by molar-refractivity contribution is -0.151. The van der Waals surface area contributed by atoms with Crippen molar-refractivity contribution >= 4 is 17.8 Å². The molecule has 0 aromatic rings. The third-order valence-electron chi connectivity index (χ3n) is 5.95. The van der Waals surface area contributed by atoms with Gasteiger partial charge in [-0.1, -0.05) is 19.3 Å². The van der Waals surface area contributed by atoms with Crippen LogP contribution in [0, 0.1) is 11.8 Å². The fourth-order valence-electron chi connectivity index (χ4n) is 4.50. The first-order chi connectivity index (χ1) is 12.1. The van der Waals surface area contributed by atoms with Crippen LogP contribution in [0.15, 0.2) is 0 Å². The molecule has 140 valence electrons. The summed E-state index contributed by atoms with van der Waals surface area (Å²) >= 11 is 0. The van der Waals surface area contributed by atoms with Gasteiger partial charge in [0.25, 0.3) is 0 Å². The highest BCUT2D eigenvalue weighted by molar-refractivity contribution is 5.89. The van der Waals surface area contributed by atoms with Crippen LogP contribution in [0.4, 0.5) is 0 Å². The van der Waals surface area contributed by atoms with Crippen molar-refractivity contribution in [1.29, 1.82) is 0 Å². The number of esters is 1. The van der Waals surface area contributed by atoms with Gasteiger partial charge in [-0.2, -0.15) is 0 Å². The minimum atomic E-state index is -0.200. The summed E-state index contributed by atoms with van der Waals surface area (Å²) in [4.78, 5) is 40.8. The smallest absolute Gasteiger partial charge is 0.309 e. The molecule has 2 aliphatic heterocycles. The number of likely N-dealkylation sites (tertiary alicyclic amines) is 2. The van der Waals surface area contributed by atoms with Gasteiger partial charge in [-0.25, -0.2) is 0 Å². The summed E-state index contributed by atoms with van der Waals surface area (Å²) < 4.78 is 5.08. The van der Waals surface area contributed by atoms with E-state index in [2.05, 4.69) is 0 Å². The zero-order chi connectivity index (χ0) is 17.8. The Hall–Kier alpha value is -1.59. The average Bonchev–Trinajstić information content (AvgIpc) is 3.04. The maximum absolute atomic E-state index is 12.8. The molecule has 1 unspecified atom stereocenters. The molecule has 3 aliphatic rings. The number of hydrogen-bond donors (Lipinski definition) is 0. The van der Waals surface area contributed by atoms with Crippen LogP contribution in [0.3, 0.4) is 0 Å². The third-order valence-corrected chi connectivity index (χ3v) is 5.95. The summed E-state index contributed by atoms with van der Waals surface area (Å²) in [7, 11) is 0. The van der Waals surface area contributed by atoms with Gasteiger partial charge < -0.3 is 14.5 Å². The molecular weight excluding hydrogens is 320 g/mol. The second-order valence-electron chi connectivity index (χ2n) is 7.59. The Balaban J connectivity index is 1.50. The van der Waals surface area contributed by atoms with E-state index in [0.717, 1.165) is 12.8 Å². The Morgan fingerprint density at radius 1 is 1.04 bits per heavy atom. The van der Waals surface area contributed by atoms with E-state index in [4.69, 9.17) is 4.74 Å². The molecule has 1 atom stereocenters. The van der Waals surface area contributed by atoms with E-state index in [9.17, 15) is 14.4 Å². The van der Waals surface area contributed by atoms with Crippen LogP contribution >= 0.6 is 0 Å². The molecule has 1 saturated carbocycles. The molecule has 0 aromatic carbocycles. The van der Waals surface area contributed by atoms with Gasteiger partial charge in [0.15, 0.2) is 0 Å². The van der Waals surface area contributed by atoms with Gasteiger partial charge >= 0.3 is 5.97 Å². The first-order valence-electron chi connectivity index (χ1n) is 9.85. The van der Waals surface area contributed by atoms with Crippen LogP contribution in [-0.4, -0.2) is 59.9 Å². The molecule has 2 heterocycles. The lowest BCUT2D eigenvalue weighted by Crippen LogP contribution is -2.44. The highest BCUT2D eigenvalue weighted by Gasteiger charge is 2.40. The monoisotopic (exact) mass is 350 g/mol. The van der Waals surface area contributed by atoms with Crippen LogP contribution in [0.5, 0.6) is 0 Å². The molecule has 1 aliphatic carbocycles. The van der Waals surface area contributed by atoms with Crippen molar-refractivity contribution in [2.24, 2.45) is 11.8 Å². The highest BCUT2D eigenvalue weighted by atomic mass is 16.5. The fraction of sp³-hybridized carbons (Fsp3) is 0.842. The molecule has 2 saturated heterocycles. The molecule has 3 rings (SSSR count). The highest BCUT2D eigenvalue weighted by Crippen LogP contribution is 2.30. The van der Waals surface area contributed by atoms with Crippen LogP contribution in [-0.2, 0) is 19.1 Å². The maximum Gasteiger partial charge on any atom is 0.309 e. The molecule has 0 spiro atoms. The Bertz CT molecular complexity index is 508. The predicted molar refractivity (Wildman–Crippen MR) is 92.6 cm³/mol. The quantitative estimate of drug-likeness (QED) is 0.727. The number of amides is 2. The Morgan fingerprint density at radius 2 is 1.72 bits per heavy atom. The molecule has 2 amide bonds. The summed E-state index contributed by atoms with van der Waals surface area (Å²) in [6.07, 6.45) is 7.48.